The SMILES string of the molecule is CCCCCCCCCCCCC(C)(C)c1ccccc1N. The second-order valence-corrected chi connectivity index (χ2v) is 7.40. The van der Waals surface area contributed by atoms with E-state index in [2.05, 4.69) is 32.9 Å². The molecular formula is C21H37N. The Hall–Kier alpha value is -0.980. The summed E-state index contributed by atoms with van der Waals surface area (Å²) in [7, 11) is 0. The minimum absolute atomic E-state index is 0.200. The van der Waals surface area contributed by atoms with E-state index in [1.807, 2.05) is 12.1 Å². The predicted octanol–water partition coefficient (Wildman–Crippen LogP) is 6.86. The minimum atomic E-state index is 0.200. The molecule has 0 aliphatic heterocycles. The molecule has 1 heteroatoms. The van der Waals surface area contributed by atoms with E-state index in [9.17, 15) is 0 Å². The number of benzene rings is 1. The van der Waals surface area contributed by atoms with E-state index in [1.54, 1.807) is 0 Å². The van der Waals surface area contributed by atoms with Gasteiger partial charge in [0, 0.05) is 5.69 Å². The summed E-state index contributed by atoms with van der Waals surface area (Å²) >= 11 is 0. The summed E-state index contributed by atoms with van der Waals surface area (Å²) in [6.45, 7) is 6.93. The first-order valence-electron chi connectivity index (χ1n) is 9.43. The van der Waals surface area contributed by atoms with Gasteiger partial charge in [-0.3, -0.25) is 0 Å². The fourth-order valence-corrected chi connectivity index (χ4v) is 3.30. The van der Waals surface area contributed by atoms with Crippen molar-refractivity contribution in [3.05, 3.63) is 29.8 Å². The first-order chi connectivity index (χ1) is 10.6. The van der Waals surface area contributed by atoms with Gasteiger partial charge in [-0.05, 0) is 23.5 Å². The highest BCUT2D eigenvalue weighted by molar-refractivity contribution is 5.50. The van der Waals surface area contributed by atoms with Crippen LogP contribution in [0.15, 0.2) is 24.3 Å². The molecule has 22 heavy (non-hydrogen) atoms. The van der Waals surface area contributed by atoms with Crippen LogP contribution in [0.1, 0.15) is 97.0 Å². The van der Waals surface area contributed by atoms with Crippen LogP contribution in [0.25, 0.3) is 0 Å². The van der Waals surface area contributed by atoms with Gasteiger partial charge in [0.2, 0.25) is 0 Å². The maximum atomic E-state index is 6.13. The zero-order chi connectivity index (χ0) is 16.3. The van der Waals surface area contributed by atoms with Gasteiger partial charge >= 0.3 is 0 Å². The molecule has 0 fully saturated rings. The van der Waals surface area contributed by atoms with E-state index in [-0.39, 0.29) is 5.41 Å². The van der Waals surface area contributed by atoms with Gasteiger partial charge in [0.25, 0.3) is 0 Å². The van der Waals surface area contributed by atoms with E-state index in [4.69, 9.17) is 5.73 Å². The van der Waals surface area contributed by atoms with Crippen LogP contribution in [0, 0.1) is 0 Å². The maximum absolute atomic E-state index is 6.13. The zero-order valence-corrected chi connectivity index (χ0v) is 15.2. The molecule has 126 valence electrons. The Balaban J connectivity index is 2.10. The molecule has 0 aliphatic rings. The number of nitrogens with two attached hydrogens (primary N) is 1. The summed E-state index contributed by atoms with van der Waals surface area (Å²) in [5.41, 5.74) is 8.58. The van der Waals surface area contributed by atoms with Crippen molar-refractivity contribution in [3.63, 3.8) is 0 Å². The van der Waals surface area contributed by atoms with E-state index in [0.29, 0.717) is 0 Å². The van der Waals surface area contributed by atoms with Gasteiger partial charge in [-0.25, -0.2) is 0 Å². The van der Waals surface area contributed by atoms with Gasteiger partial charge in [0.05, 0.1) is 0 Å². The van der Waals surface area contributed by atoms with Crippen molar-refractivity contribution < 1.29 is 0 Å². The predicted molar refractivity (Wildman–Crippen MR) is 100 cm³/mol. The van der Waals surface area contributed by atoms with Gasteiger partial charge in [-0.15, -0.1) is 0 Å². The largest absolute Gasteiger partial charge is 0.398 e. The van der Waals surface area contributed by atoms with E-state index < -0.39 is 0 Å². The van der Waals surface area contributed by atoms with Crippen LogP contribution >= 0.6 is 0 Å². The Morgan fingerprint density at radius 1 is 0.773 bits per heavy atom. The second kappa shape index (κ2) is 10.7. The lowest BCUT2D eigenvalue weighted by Gasteiger charge is -2.26. The number of unbranched alkanes of at least 4 members (excludes halogenated alkanes) is 9. The van der Waals surface area contributed by atoms with Gasteiger partial charge in [0.1, 0.15) is 0 Å². The van der Waals surface area contributed by atoms with Crippen molar-refractivity contribution >= 4 is 5.69 Å². The molecule has 0 aliphatic carbocycles. The minimum Gasteiger partial charge on any atom is -0.398 e. The van der Waals surface area contributed by atoms with Crippen LogP contribution in [0.3, 0.4) is 0 Å². The smallest absolute Gasteiger partial charge is 0.0352 e. The van der Waals surface area contributed by atoms with Crippen LogP contribution < -0.4 is 5.73 Å². The second-order valence-electron chi connectivity index (χ2n) is 7.40. The maximum Gasteiger partial charge on any atom is 0.0352 e. The first-order valence-corrected chi connectivity index (χ1v) is 9.43. The lowest BCUT2D eigenvalue weighted by molar-refractivity contribution is 0.442. The molecule has 1 aromatic rings. The van der Waals surface area contributed by atoms with Crippen molar-refractivity contribution in [2.24, 2.45) is 0 Å². The number of hydrogen-bond donors (Lipinski definition) is 1. The summed E-state index contributed by atoms with van der Waals surface area (Å²) < 4.78 is 0. The summed E-state index contributed by atoms with van der Waals surface area (Å²) in [6.07, 6.45) is 15.2. The number of anilines is 1. The normalized spacial score (nSPS) is 11.8. The Morgan fingerprint density at radius 2 is 1.27 bits per heavy atom. The molecule has 0 saturated carbocycles. The van der Waals surface area contributed by atoms with Gasteiger partial charge in [-0.1, -0.05) is 103 Å². The summed E-state index contributed by atoms with van der Waals surface area (Å²) in [5.74, 6) is 0. The number of nitrogen functional groups attached to an aromatic ring is 1. The van der Waals surface area contributed by atoms with Crippen LogP contribution in [0.5, 0.6) is 0 Å². The first kappa shape index (κ1) is 19.1. The fraction of sp³-hybridized carbons (Fsp3) is 0.714. The van der Waals surface area contributed by atoms with E-state index >= 15 is 0 Å². The van der Waals surface area contributed by atoms with Crippen LogP contribution in [0.2, 0.25) is 0 Å². The van der Waals surface area contributed by atoms with Crippen molar-refractivity contribution in [2.45, 2.75) is 96.8 Å². The lowest BCUT2D eigenvalue weighted by Crippen LogP contribution is -2.18. The number of para-hydroxylation sites is 1. The number of hydrogen-bond acceptors (Lipinski definition) is 1. The molecule has 0 heterocycles. The van der Waals surface area contributed by atoms with Crippen molar-refractivity contribution in [1.29, 1.82) is 0 Å². The van der Waals surface area contributed by atoms with Gasteiger partial charge in [0.15, 0.2) is 0 Å². The summed E-state index contributed by atoms with van der Waals surface area (Å²) in [5, 5.41) is 0. The fourth-order valence-electron chi connectivity index (χ4n) is 3.30. The highest BCUT2D eigenvalue weighted by atomic mass is 14.6. The van der Waals surface area contributed by atoms with E-state index in [1.165, 1.54) is 76.2 Å². The molecule has 0 atom stereocenters. The van der Waals surface area contributed by atoms with Crippen LogP contribution in [-0.2, 0) is 5.41 Å². The number of rotatable bonds is 12. The third kappa shape index (κ3) is 7.33. The third-order valence-corrected chi connectivity index (χ3v) is 4.85. The van der Waals surface area contributed by atoms with Crippen molar-refractivity contribution in [3.8, 4) is 0 Å². The van der Waals surface area contributed by atoms with E-state index in [0.717, 1.165) is 5.69 Å². The molecule has 0 bridgehead atoms. The molecule has 0 aromatic heterocycles. The quantitative estimate of drug-likeness (QED) is 0.331. The molecule has 0 spiro atoms. The molecule has 1 aromatic carbocycles. The van der Waals surface area contributed by atoms with Crippen molar-refractivity contribution in [1.82, 2.24) is 0 Å². The van der Waals surface area contributed by atoms with Crippen LogP contribution in [0.4, 0.5) is 5.69 Å². The Morgan fingerprint density at radius 3 is 1.82 bits per heavy atom. The van der Waals surface area contributed by atoms with Gasteiger partial charge < -0.3 is 5.73 Å². The average molecular weight is 304 g/mol. The van der Waals surface area contributed by atoms with Gasteiger partial charge in [-0.2, -0.15) is 0 Å². The standard InChI is InChI=1S/C21H37N/c1-4-5-6-7-8-9-10-11-12-15-18-21(2,3)19-16-13-14-17-20(19)22/h13-14,16-17H,4-12,15,18,22H2,1-3H3. The highest BCUT2D eigenvalue weighted by Crippen LogP contribution is 2.33. The Bertz CT molecular complexity index is 395. The molecule has 2 N–H and O–H groups in total. The molecule has 0 amide bonds. The monoisotopic (exact) mass is 303 g/mol. The van der Waals surface area contributed by atoms with Crippen molar-refractivity contribution in [2.75, 3.05) is 5.73 Å². The lowest BCUT2D eigenvalue weighted by atomic mass is 9.79. The molecule has 0 saturated heterocycles. The summed E-state index contributed by atoms with van der Waals surface area (Å²) in [6, 6.07) is 8.34. The Kier molecular flexibility index (Phi) is 9.27. The molecule has 0 unspecified atom stereocenters. The average Bonchev–Trinajstić information content (AvgIpc) is 2.49. The van der Waals surface area contributed by atoms with Crippen LogP contribution in [-0.4, -0.2) is 0 Å². The Labute approximate surface area is 138 Å². The zero-order valence-electron chi connectivity index (χ0n) is 15.2. The molecular weight excluding hydrogens is 266 g/mol. The molecule has 1 nitrogen and oxygen atoms in total. The molecule has 1 rings (SSSR count). The molecule has 0 radical (unpaired) electrons. The third-order valence-electron chi connectivity index (χ3n) is 4.85. The topological polar surface area (TPSA) is 26.0 Å². The highest BCUT2D eigenvalue weighted by Gasteiger charge is 2.21. The summed E-state index contributed by atoms with van der Waals surface area (Å²) in [4.78, 5) is 0.